The van der Waals surface area contributed by atoms with E-state index in [0.29, 0.717) is 13.0 Å². The minimum atomic E-state index is -0.776. The monoisotopic (exact) mass is 419 g/mol. The van der Waals surface area contributed by atoms with Crippen LogP contribution in [-0.2, 0) is 30.2 Å². The SMILES string of the molecule is CC(C)(C)OC(=O)N1C[C@@H](Cc2ccccc2)C[C@H]1C(=O)OCOC(=O)C(C)(C)C. The van der Waals surface area contributed by atoms with Crippen molar-refractivity contribution < 1.29 is 28.6 Å². The van der Waals surface area contributed by atoms with E-state index in [4.69, 9.17) is 14.2 Å². The average molecular weight is 420 g/mol. The third-order valence-corrected chi connectivity index (χ3v) is 4.66. The molecule has 1 saturated heterocycles. The molecular weight excluding hydrogens is 386 g/mol. The Labute approximate surface area is 178 Å². The molecule has 1 heterocycles. The van der Waals surface area contributed by atoms with Crippen molar-refractivity contribution in [1.29, 1.82) is 0 Å². The first-order chi connectivity index (χ1) is 13.9. The molecule has 7 nitrogen and oxygen atoms in total. The van der Waals surface area contributed by atoms with Crippen LogP contribution in [0, 0.1) is 11.3 Å². The number of hydrogen-bond acceptors (Lipinski definition) is 6. The van der Waals surface area contributed by atoms with E-state index in [1.54, 1.807) is 41.5 Å². The number of nitrogens with zero attached hydrogens (tertiary/aromatic N) is 1. The molecule has 1 amide bonds. The number of carbonyl (C=O) groups is 3. The number of amides is 1. The van der Waals surface area contributed by atoms with Crippen LogP contribution in [0.5, 0.6) is 0 Å². The van der Waals surface area contributed by atoms with Crippen molar-refractivity contribution in [3.05, 3.63) is 35.9 Å². The molecule has 1 aromatic carbocycles. The van der Waals surface area contributed by atoms with Crippen molar-refractivity contribution in [3.8, 4) is 0 Å². The van der Waals surface area contributed by atoms with Gasteiger partial charge in [-0.15, -0.1) is 0 Å². The first-order valence-electron chi connectivity index (χ1n) is 10.2. The zero-order valence-electron chi connectivity index (χ0n) is 18.8. The van der Waals surface area contributed by atoms with Crippen LogP contribution in [0.15, 0.2) is 30.3 Å². The van der Waals surface area contributed by atoms with Gasteiger partial charge in [0.15, 0.2) is 0 Å². The van der Waals surface area contributed by atoms with Crippen LogP contribution in [0.2, 0.25) is 0 Å². The molecule has 0 saturated carbocycles. The molecule has 1 fully saturated rings. The van der Waals surface area contributed by atoms with E-state index in [-0.39, 0.29) is 5.92 Å². The van der Waals surface area contributed by atoms with Crippen molar-refractivity contribution in [2.75, 3.05) is 13.3 Å². The molecule has 0 spiro atoms. The van der Waals surface area contributed by atoms with E-state index in [9.17, 15) is 14.4 Å². The molecule has 0 radical (unpaired) electrons. The van der Waals surface area contributed by atoms with E-state index in [1.807, 2.05) is 30.3 Å². The van der Waals surface area contributed by atoms with Crippen molar-refractivity contribution in [2.45, 2.75) is 66.0 Å². The number of carbonyl (C=O) groups excluding carboxylic acids is 3. The first kappa shape index (κ1) is 23.7. The van der Waals surface area contributed by atoms with Crippen LogP contribution >= 0.6 is 0 Å². The Balaban J connectivity index is 2.04. The van der Waals surface area contributed by atoms with Gasteiger partial charge in [-0.2, -0.15) is 0 Å². The Morgan fingerprint density at radius 1 is 1.00 bits per heavy atom. The molecule has 2 atom stereocenters. The lowest BCUT2D eigenvalue weighted by molar-refractivity contribution is -0.175. The van der Waals surface area contributed by atoms with Gasteiger partial charge in [0.1, 0.15) is 11.6 Å². The fraction of sp³-hybridized carbons (Fsp3) is 0.609. The Bertz CT molecular complexity index is 747. The Hall–Kier alpha value is -2.57. The number of ether oxygens (including phenoxy) is 3. The van der Waals surface area contributed by atoms with Gasteiger partial charge in [0.2, 0.25) is 6.79 Å². The van der Waals surface area contributed by atoms with Gasteiger partial charge >= 0.3 is 18.0 Å². The van der Waals surface area contributed by atoms with E-state index < -0.39 is 41.9 Å². The maximum absolute atomic E-state index is 12.7. The summed E-state index contributed by atoms with van der Waals surface area (Å²) >= 11 is 0. The lowest BCUT2D eigenvalue weighted by Crippen LogP contribution is -2.44. The zero-order valence-corrected chi connectivity index (χ0v) is 18.8. The second kappa shape index (κ2) is 9.49. The number of likely N-dealkylation sites (tertiary alicyclic amines) is 1. The lowest BCUT2D eigenvalue weighted by atomic mass is 9.97. The van der Waals surface area contributed by atoms with Gasteiger partial charge in [-0.3, -0.25) is 9.69 Å². The van der Waals surface area contributed by atoms with Gasteiger partial charge in [0, 0.05) is 6.54 Å². The average Bonchev–Trinajstić information content (AvgIpc) is 3.04. The number of esters is 2. The second-order valence-corrected chi connectivity index (χ2v) is 9.70. The fourth-order valence-corrected chi connectivity index (χ4v) is 3.22. The van der Waals surface area contributed by atoms with Crippen LogP contribution in [0.25, 0.3) is 0 Å². The highest BCUT2D eigenvalue weighted by Gasteiger charge is 2.42. The molecule has 1 aliphatic heterocycles. The minimum absolute atomic E-state index is 0.0922. The molecule has 0 bridgehead atoms. The highest BCUT2D eigenvalue weighted by Crippen LogP contribution is 2.29. The molecule has 1 aromatic rings. The number of benzene rings is 1. The summed E-state index contributed by atoms with van der Waals surface area (Å²) in [7, 11) is 0. The molecule has 2 rings (SSSR count). The summed E-state index contributed by atoms with van der Waals surface area (Å²) in [4.78, 5) is 38.7. The molecule has 1 aliphatic rings. The molecule has 0 aromatic heterocycles. The van der Waals surface area contributed by atoms with Gasteiger partial charge in [-0.05, 0) is 65.9 Å². The molecule has 0 unspecified atom stereocenters. The molecule has 30 heavy (non-hydrogen) atoms. The van der Waals surface area contributed by atoms with Crippen LogP contribution in [0.4, 0.5) is 4.79 Å². The largest absolute Gasteiger partial charge is 0.444 e. The number of hydrogen-bond donors (Lipinski definition) is 0. The van der Waals surface area contributed by atoms with Crippen molar-refractivity contribution in [2.24, 2.45) is 11.3 Å². The van der Waals surface area contributed by atoms with E-state index in [1.165, 1.54) is 4.90 Å². The fourth-order valence-electron chi connectivity index (χ4n) is 3.22. The van der Waals surface area contributed by atoms with Crippen LogP contribution in [0.3, 0.4) is 0 Å². The smallest absolute Gasteiger partial charge is 0.411 e. The molecule has 0 aliphatic carbocycles. The highest BCUT2D eigenvalue weighted by atomic mass is 16.7. The normalized spacial score (nSPS) is 19.3. The summed E-state index contributed by atoms with van der Waals surface area (Å²) < 4.78 is 15.7. The topological polar surface area (TPSA) is 82.1 Å². The van der Waals surface area contributed by atoms with Gasteiger partial charge in [-0.1, -0.05) is 30.3 Å². The second-order valence-electron chi connectivity index (χ2n) is 9.70. The number of rotatable bonds is 5. The summed E-state index contributed by atoms with van der Waals surface area (Å²) in [5.41, 5.74) is -0.228. The summed E-state index contributed by atoms with van der Waals surface area (Å²) in [6.07, 6.45) is 0.648. The first-order valence-corrected chi connectivity index (χ1v) is 10.2. The molecule has 166 valence electrons. The quantitative estimate of drug-likeness (QED) is 0.531. The van der Waals surface area contributed by atoms with Crippen LogP contribution in [-0.4, -0.2) is 47.9 Å². The highest BCUT2D eigenvalue weighted by molar-refractivity contribution is 5.82. The van der Waals surface area contributed by atoms with Crippen LogP contribution < -0.4 is 0 Å². The van der Waals surface area contributed by atoms with E-state index in [2.05, 4.69) is 0 Å². The summed E-state index contributed by atoms with van der Waals surface area (Å²) in [5.74, 6) is -0.972. The van der Waals surface area contributed by atoms with Gasteiger partial charge < -0.3 is 14.2 Å². The van der Waals surface area contributed by atoms with Crippen molar-refractivity contribution in [1.82, 2.24) is 4.90 Å². The maximum atomic E-state index is 12.7. The van der Waals surface area contributed by atoms with Gasteiger partial charge in [0.05, 0.1) is 5.41 Å². The summed E-state index contributed by atoms with van der Waals surface area (Å²) in [6, 6.07) is 9.15. The third kappa shape index (κ3) is 7.04. The zero-order chi connectivity index (χ0) is 22.5. The van der Waals surface area contributed by atoms with Crippen molar-refractivity contribution >= 4 is 18.0 Å². The van der Waals surface area contributed by atoms with E-state index in [0.717, 1.165) is 12.0 Å². The Morgan fingerprint density at radius 3 is 2.20 bits per heavy atom. The Morgan fingerprint density at radius 2 is 1.63 bits per heavy atom. The maximum Gasteiger partial charge on any atom is 0.411 e. The summed E-state index contributed by atoms with van der Waals surface area (Å²) in [5, 5.41) is 0. The predicted molar refractivity (Wildman–Crippen MR) is 111 cm³/mol. The predicted octanol–water partition coefficient (Wildman–Crippen LogP) is 3.94. The van der Waals surface area contributed by atoms with Crippen LogP contribution in [0.1, 0.15) is 53.5 Å². The van der Waals surface area contributed by atoms with Gasteiger partial charge in [-0.25, -0.2) is 9.59 Å². The van der Waals surface area contributed by atoms with E-state index >= 15 is 0 Å². The minimum Gasteiger partial charge on any atom is -0.444 e. The summed E-state index contributed by atoms with van der Waals surface area (Å²) in [6.45, 7) is 10.4. The third-order valence-electron chi connectivity index (χ3n) is 4.66. The van der Waals surface area contributed by atoms with Crippen molar-refractivity contribution in [3.63, 3.8) is 0 Å². The molecule has 7 heteroatoms. The molecule has 0 N–H and O–H groups in total. The van der Waals surface area contributed by atoms with Gasteiger partial charge in [0.25, 0.3) is 0 Å². The Kier molecular flexibility index (Phi) is 7.50. The standard InChI is InChI=1S/C23H33NO6/c1-22(2,3)20(26)29-15-28-19(25)18-13-17(12-16-10-8-7-9-11-16)14-24(18)21(27)30-23(4,5)6/h7-11,17-18H,12-15H2,1-6H3/t17-,18-/m0/s1. The lowest BCUT2D eigenvalue weighted by Gasteiger charge is -2.27. The molecular formula is C23H33NO6.